The summed E-state index contributed by atoms with van der Waals surface area (Å²) in [4.78, 5) is 12.8. The lowest BCUT2D eigenvalue weighted by Crippen LogP contribution is -2.32. The summed E-state index contributed by atoms with van der Waals surface area (Å²) in [7, 11) is 0. The maximum absolute atomic E-state index is 10.7. The van der Waals surface area contributed by atoms with Gasteiger partial charge in [0, 0.05) is 24.7 Å². The van der Waals surface area contributed by atoms with E-state index in [-0.39, 0.29) is 10.6 Å². The molecule has 4 nitrogen and oxygen atoms in total. The topological polar surface area (TPSA) is 46.4 Å². The van der Waals surface area contributed by atoms with Gasteiger partial charge in [0.05, 0.1) is 4.92 Å². The Bertz CT molecular complexity index is 462. The van der Waals surface area contributed by atoms with E-state index in [1.54, 1.807) is 12.1 Å². The molecule has 1 aliphatic heterocycles. The van der Waals surface area contributed by atoms with Crippen molar-refractivity contribution in [1.29, 1.82) is 0 Å². The van der Waals surface area contributed by atoms with Crippen LogP contribution in [0.25, 0.3) is 0 Å². The fourth-order valence-electron chi connectivity index (χ4n) is 3.00. The van der Waals surface area contributed by atoms with Gasteiger partial charge in [0.1, 0.15) is 0 Å². The minimum absolute atomic E-state index is 0.168. The van der Waals surface area contributed by atoms with E-state index in [2.05, 4.69) is 25.7 Å². The molecule has 2 rings (SSSR count). The highest BCUT2D eigenvalue weighted by atomic mass is 16.6. The van der Waals surface area contributed by atoms with E-state index in [0.717, 1.165) is 18.7 Å². The van der Waals surface area contributed by atoms with Crippen molar-refractivity contribution in [3.63, 3.8) is 0 Å². The van der Waals surface area contributed by atoms with Gasteiger partial charge in [0.2, 0.25) is 0 Å². The molecule has 4 heteroatoms. The average Bonchev–Trinajstić information content (AvgIpc) is 2.75. The van der Waals surface area contributed by atoms with Crippen LogP contribution in [-0.2, 0) is 6.54 Å². The van der Waals surface area contributed by atoms with E-state index >= 15 is 0 Å². The monoisotopic (exact) mass is 276 g/mol. The van der Waals surface area contributed by atoms with E-state index in [9.17, 15) is 10.1 Å². The largest absolute Gasteiger partial charge is 0.296 e. The van der Waals surface area contributed by atoms with E-state index in [1.807, 2.05) is 12.1 Å². The minimum atomic E-state index is -0.345. The van der Waals surface area contributed by atoms with Gasteiger partial charge in [0.25, 0.3) is 5.69 Å². The first-order valence-corrected chi connectivity index (χ1v) is 7.32. The van der Waals surface area contributed by atoms with Crippen molar-refractivity contribution in [2.24, 2.45) is 5.41 Å². The van der Waals surface area contributed by atoms with Gasteiger partial charge in [-0.05, 0) is 36.8 Å². The molecule has 0 amide bonds. The predicted octanol–water partition coefficient (Wildman–Crippen LogP) is 4.00. The maximum atomic E-state index is 10.7. The highest BCUT2D eigenvalue weighted by Gasteiger charge is 2.28. The summed E-state index contributed by atoms with van der Waals surface area (Å²) in [6.07, 6.45) is 3.73. The Kier molecular flexibility index (Phi) is 4.43. The highest BCUT2D eigenvalue weighted by Crippen LogP contribution is 2.30. The summed E-state index contributed by atoms with van der Waals surface area (Å²) in [6, 6.07) is 7.61. The molecule has 0 N–H and O–H groups in total. The van der Waals surface area contributed by atoms with Crippen molar-refractivity contribution < 1.29 is 4.92 Å². The molecule has 1 aromatic carbocycles. The number of hydrogen-bond donors (Lipinski definition) is 0. The van der Waals surface area contributed by atoms with Crippen LogP contribution in [0.15, 0.2) is 24.3 Å². The fourth-order valence-corrected chi connectivity index (χ4v) is 3.00. The zero-order valence-electron chi connectivity index (χ0n) is 12.6. The lowest BCUT2D eigenvalue weighted by atomic mass is 9.87. The van der Waals surface area contributed by atoms with Crippen molar-refractivity contribution in [3.05, 3.63) is 39.9 Å². The summed E-state index contributed by atoms with van der Waals surface area (Å²) < 4.78 is 0. The lowest BCUT2D eigenvalue weighted by Gasteiger charge is -2.30. The summed E-state index contributed by atoms with van der Waals surface area (Å²) in [5.74, 6) is 0. The number of likely N-dealkylation sites (tertiary alicyclic amines) is 1. The number of nitro benzene ring substituents is 1. The van der Waals surface area contributed by atoms with Crippen LogP contribution in [0.4, 0.5) is 5.69 Å². The Balaban J connectivity index is 1.99. The molecule has 1 aliphatic rings. The molecule has 0 aromatic heterocycles. The molecule has 1 fully saturated rings. The minimum Gasteiger partial charge on any atom is -0.296 e. The van der Waals surface area contributed by atoms with Gasteiger partial charge in [-0.25, -0.2) is 0 Å². The first kappa shape index (κ1) is 15.0. The molecule has 0 bridgehead atoms. The Morgan fingerprint density at radius 3 is 2.50 bits per heavy atom. The molecular formula is C16H24N2O2. The number of nitrogens with zero attached hydrogens (tertiary/aromatic N) is 2. The van der Waals surface area contributed by atoms with Crippen LogP contribution in [0.2, 0.25) is 0 Å². The third-order valence-electron chi connectivity index (χ3n) is 3.88. The third-order valence-corrected chi connectivity index (χ3v) is 3.88. The second kappa shape index (κ2) is 5.92. The van der Waals surface area contributed by atoms with Gasteiger partial charge in [-0.3, -0.25) is 15.0 Å². The van der Waals surface area contributed by atoms with Gasteiger partial charge in [-0.15, -0.1) is 0 Å². The quantitative estimate of drug-likeness (QED) is 0.617. The van der Waals surface area contributed by atoms with Crippen LogP contribution in [0, 0.1) is 15.5 Å². The summed E-state index contributed by atoms with van der Waals surface area (Å²) in [5.41, 5.74) is 1.68. The van der Waals surface area contributed by atoms with Gasteiger partial charge < -0.3 is 0 Å². The fraction of sp³-hybridized carbons (Fsp3) is 0.625. The summed E-state index contributed by atoms with van der Waals surface area (Å²) in [6.45, 7) is 8.90. The molecular weight excluding hydrogens is 252 g/mol. The van der Waals surface area contributed by atoms with Crippen molar-refractivity contribution in [3.8, 4) is 0 Å². The Morgan fingerprint density at radius 2 is 1.95 bits per heavy atom. The average molecular weight is 276 g/mol. The third kappa shape index (κ3) is 4.04. The molecule has 0 radical (unpaired) electrons. The first-order chi connectivity index (χ1) is 9.35. The molecule has 0 aliphatic carbocycles. The van der Waals surface area contributed by atoms with Gasteiger partial charge in [-0.2, -0.15) is 0 Å². The molecule has 0 saturated carbocycles. The number of nitro groups is 1. The first-order valence-electron chi connectivity index (χ1n) is 7.32. The van der Waals surface area contributed by atoms with Crippen LogP contribution in [0.3, 0.4) is 0 Å². The molecule has 1 heterocycles. The zero-order chi connectivity index (χ0) is 14.8. The number of non-ortho nitro benzene ring substituents is 1. The van der Waals surface area contributed by atoms with Crippen LogP contribution >= 0.6 is 0 Å². The zero-order valence-corrected chi connectivity index (χ0v) is 12.6. The van der Waals surface area contributed by atoms with E-state index < -0.39 is 0 Å². The standard InChI is InChI=1S/C16H24N2O2/c1-16(2,3)11-15-5-4-10-17(15)12-13-6-8-14(9-7-13)18(19)20/h6-9,15H,4-5,10-12H2,1-3H3/t15-/m0/s1. The molecule has 0 spiro atoms. The van der Waals surface area contributed by atoms with Crippen molar-refractivity contribution in [2.45, 2.75) is 52.6 Å². The van der Waals surface area contributed by atoms with Crippen molar-refractivity contribution >= 4 is 5.69 Å². The second-order valence-electron chi connectivity index (χ2n) is 6.95. The Morgan fingerprint density at radius 1 is 1.30 bits per heavy atom. The Hall–Kier alpha value is -1.42. The maximum Gasteiger partial charge on any atom is 0.269 e. The number of rotatable bonds is 4. The van der Waals surface area contributed by atoms with Crippen molar-refractivity contribution in [1.82, 2.24) is 4.90 Å². The van der Waals surface area contributed by atoms with Gasteiger partial charge in [-0.1, -0.05) is 32.9 Å². The van der Waals surface area contributed by atoms with Crippen molar-refractivity contribution in [2.75, 3.05) is 6.54 Å². The molecule has 1 aromatic rings. The molecule has 1 saturated heterocycles. The van der Waals surface area contributed by atoms with Crippen LogP contribution in [-0.4, -0.2) is 22.4 Å². The van der Waals surface area contributed by atoms with E-state index in [0.29, 0.717) is 11.5 Å². The SMILES string of the molecule is CC(C)(C)C[C@@H]1CCCN1Cc1ccc([N+](=O)[O-])cc1. The normalized spacial score (nSPS) is 20.2. The van der Waals surface area contributed by atoms with Crippen LogP contribution in [0.1, 0.15) is 45.6 Å². The molecule has 110 valence electrons. The van der Waals surface area contributed by atoms with Gasteiger partial charge in [0.15, 0.2) is 0 Å². The second-order valence-corrected chi connectivity index (χ2v) is 6.95. The lowest BCUT2D eigenvalue weighted by molar-refractivity contribution is -0.384. The molecule has 20 heavy (non-hydrogen) atoms. The summed E-state index contributed by atoms with van der Waals surface area (Å²) >= 11 is 0. The van der Waals surface area contributed by atoms with E-state index in [4.69, 9.17) is 0 Å². The smallest absolute Gasteiger partial charge is 0.269 e. The highest BCUT2D eigenvalue weighted by molar-refractivity contribution is 5.32. The predicted molar refractivity (Wildman–Crippen MR) is 80.6 cm³/mol. The van der Waals surface area contributed by atoms with E-state index in [1.165, 1.54) is 19.3 Å². The molecule has 0 unspecified atom stereocenters. The van der Waals surface area contributed by atoms with Gasteiger partial charge >= 0.3 is 0 Å². The summed E-state index contributed by atoms with van der Waals surface area (Å²) in [5, 5.41) is 10.7. The van der Waals surface area contributed by atoms with Crippen LogP contribution in [0.5, 0.6) is 0 Å². The van der Waals surface area contributed by atoms with Crippen LogP contribution < -0.4 is 0 Å². The number of benzene rings is 1. The molecule has 1 atom stereocenters. The Labute approximate surface area is 120 Å². The number of hydrogen-bond acceptors (Lipinski definition) is 3.